The van der Waals surface area contributed by atoms with Crippen molar-refractivity contribution in [3.05, 3.63) is 54.1 Å². The molecule has 1 atom stereocenters. The van der Waals surface area contributed by atoms with E-state index in [9.17, 15) is 13.2 Å². The smallest absolute Gasteiger partial charge is 0.304 e. The fourth-order valence-corrected chi connectivity index (χ4v) is 6.07. The third-order valence-corrected chi connectivity index (χ3v) is 8.46. The molecule has 180 valence electrons. The molecular formula is C24H33N3O4S2. The van der Waals surface area contributed by atoms with E-state index in [0.29, 0.717) is 50.5 Å². The Labute approximate surface area is 201 Å². The van der Waals surface area contributed by atoms with Crippen molar-refractivity contribution in [3.63, 3.8) is 0 Å². The van der Waals surface area contributed by atoms with Crippen LogP contribution in [0, 0.1) is 5.92 Å². The summed E-state index contributed by atoms with van der Waals surface area (Å²) in [7, 11) is -3.75. The summed E-state index contributed by atoms with van der Waals surface area (Å²) in [5, 5.41) is 2.98. The highest BCUT2D eigenvalue weighted by Crippen LogP contribution is 2.27. The first kappa shape index (κ1) is 25.4. The average Bonchev–Trinajstić information content (AvgIpc) is 2.84. The molecule has 0 bridgehead atoms. The molecule has 0 saturated carbocycles. The van der Waals surface area contributed by atoms with Crippen LogP contribution in [-0.4, -0.2) is 51.1 Å². The first-order chi connectivity index (χ1) is 15.9. The van der Waals surface area contributed by atoms with Gasteiger partial charge in [-0.15, -0.1) is 11.8 Å². The maximum absolute atomic E-state index is 13.4. The summed E-state index contributed by atoms with van der Waals surface area (Å²) in [4.78, 5) is 14.0. The Morgan fingerprint density at radius 3 is 2.45 bits per heavy atom. The van der Waals surface area contributed by atoms with Gasteiger partial charge in [-0.3, -0.25) is 9.10 Å². The standard InChI is InChI=1S/C24H33N3O4S2/c1-4-27(21-10-12-22(13-11-21)31-5-2)33(29,30)26-16-6-7-20(18-26)24(28)25-17-19-8-14-23(32-3)15-9-19/h8-15,20H,4-7,16-18H2,1-3H3,(H,25,28)/t20-/m0/s1. The van der Waals surface area contributed by atoms with Crippen LogP contribution in [0.5, 0.6) is 5.75 Å². The zero-order valence-electron chi connectivity index (χ0n) is 19.5. The molecule has 9 heteroatoms. The highest BCUT2D eigenvalue weighted by Gasteiger charge is 2.35. The highest BCUT2D eigenvalue weighted by molar-refractivity contribution is 7.98. The second-order valence-corrected chi connectivity index (χ2v) is 10.6. The number of hydrogen-bond acceptors (Lipinski definition) is 5. The lowest BCUT2D eigenvalue weighted by molar-refractivity contribution is -0.126. The number of ether oxygens (including phenoxy) is 1. The van der Waals surface area contributed by atoms with Gasteiger partial charge in [-0.2, -0.15) is 12.7 Å². The first-order valence-electron chi connectivity index (χ1n) is 11.3. The van der Waals surface area contributed by atoms with Crippen molar-refractivity contribution in [2.75, 3.05) is 36.8 Å². The number of rotatable bonds is 10. The van der Waals surface area contributed by atoms with Crippen molar-refractivity contribution in [2.45, 2.75) is 38.1 Å². The van der Waals surface area contributed by atoms with Gasteiger partial charge in [0.2, 0.25) is 5.91 Å². The average molecular weight is 492 g/mol. The van der Waals surface area contributed by atoms with Gasteiger partial charge in [-0.1, -0.05) is 12.1 Å². The van der Waals surface area contributed by atoms with Crippen LogP contribution < -0.4 is 14.4 Å². The highest BCUT2D eigenvalue weighted by atomic mass is 32.2. The predicted octanol–water partition coefficient (Wildman–Crippen LogP) is 3.91. The number of piperidine rings is 1. The fourth-order valence-electron chi connectivity index (χ4n) is 3.94. The van der Waals surface area contributed by atoms with Crippen LogP contribution >= 0.6 is 11.8 Å². The van der Waals surface area contributed by atoms with Crippen LogP contribution in [0.25, 0.3) is 0 Å². The number of nitrogens with zero attached hydrogens (tertiary/aromatic N) is 2. The lowest BCUT2D eigenvalue weighted by atomic mass is 9.99. The first-order valence-corrected chi connectivity index (χ1v) is 13.9. The summed E-state index contributed by atoms with van der Waals surface area (Å²) >= 11 is 1.67. The van der Waals surface area contributed by atoms with E-state index in [4.69, 9.17) is 4.74 Å². The number of benzene rings is 2. The molecule has 1 fully saturated rings. The van der Waals surface area contributed by atoms with Crippen LogP contribution in [0.4, 0.5) is 5.69 Å². The molecule has 1 heterocycles. The van der Waals surface area contributed by atoms with Gasteiger partial charge in [0, 0.05) is 31.1 Å². The van der Waals surface area contributed by atoms with Crippen LogP contribution in [0.1, 0.15) is 32.3 Å². The van der Waals surface area contributed by atoms with Crippen molar-refractivity contribution >= 4 is 33.6 Å². The van der Waals surface area contributed by atoms with Gasteiger partial charge in [0.15, 0.2) is 0 Å². The van der Waals surface area contributed by atoms with Gasteiger partial charge in [0.25, 0.3) is 0 Å². The fraction of sp³-hybridized carbons (Fsp3) is 0.458. The second-order valence-electron chi connectivity index (χ2n) is 7.86. The normalized spacial score (nSPS) is 16.9. The molecule has 1 aliphatic rings. The van der Waals surface area contributed by atoms with Crippen molar-refractivity contribution in [1.82, 2.24) is 9.62 Å². The molecule has 0 aliphatic carbocycles. The Hall–Kier alpha value is -2.23. The van der Waals surface area contributed by atoms with E-state index in [0.717, 1.165) is 5.56 Å². The maximum Gasteiger partial charge on any atom is 0.304 e. The van der Waals surface area contributed by atoms with E-state index in [1.807, 2.05) is 44.4 Å². The van der Waals surface area contributed by atoms with Gasteiger partial charge in [-0.05, 0) is 74.9 Å². The summed E-state index contributed by atoms with van der Waals surface area (Å²) in [6.45, 7) is 5.60. The molecule has 0 unspecified atom stereocenters. The number of nitrogens with one attached hydrogen (secondary N) is 1. The number of amides is 1. The molecule has 1 aliphatic heterocycles. The Balaban J connectivity index is 1.64. The van der Waals surface area contributed by atoms with Crippen molar-refractivity contribution in [1.29, 1.82) is 0 Å². The number of carbonyl (C=O) groups excluding carboxylic acids is 1. The molecule has 1 N–H and O–H groups in total. The summed E-state index contributed by atoms with van der Waals surface area (Å²) < 4.78 is 35.1. The Kier molecular flexibility index (Phi) is 9.05. The molecule has 33 heavy (non-hydrogen) atoms. The monoisotopic (exact) mass is 491 g/mol. The van der Waals surface area contributed by atoms with Crippen LogP contribution in [0.3, 0.4) is 0 Å². The molecule has 2 aromatic rings. The summed E-state index contributed by atoms with van der Waals surface area (Å²) in [6.07, 6.45) is 3.36. The van der Waals surface area contributed by atoms with Crippen molar-refractivity contribution < 1.29 is 17.9 Å². The van der Waals surface area contributed by atoms with Crippen LogP contribution in [0.15, 0.2) is 53.4 Å². The third kappa shape index (κ3) is 6.43. The molecule has 1 amide bonds. The maximum atomic E-state index is 13.4. The minimum Gasteiger partial charge on any atom is -0.494 e. The molecule has 1 saturated heterocycles. The predicted molar refractivity (Wildman–Crippen MR) is 134 cm³/mol. The van der Waals surface area contributed by atoms with E-state index in [1.165, 1.54) is 13.5 Å². The topological polar surface area (TPSA) is 79.0 Å². The van der Waals surface area contributed by atoms with E-state index in [2.05, 4.69) is 5.32 Å². The molecule has 0 aromatic heterocycles. The number of anilines is 1. The Bertz CT molecular complexity index is 1010. The van der Waals surface area contributed by atoms with E-state index < -0.39 is 10.2 Å². The van der Waals surface area contributed by atoms with Crippen molar-refractivity contribution in [3.8, 4) is 5.75 Å². The lowest BCUT2D eigenvalue weighted by Gasteiger charge is -2.35. The molecular weight excluding hydrogens is 458 g/mol. The van der Waals surface area contributed by atoms with Gasteiger partial charge >= 0.3 is 10.2 Å². The van der Waals surface area contributed by atoms with E-state index in [-0.39, 0.29) is 18.4 Å². The molecule has 0 radical (unpaired) electrons. The summed E-state index contributed by atoms with van der Waals surface area (Å²) in [6, 6.07) is 15.1. The molecule has 2 aromatic carbocycles. The van der Waals surface area contributed by atoms with E-state index in [1.54, 1.807) is 36.0 Å². The molecule has 7 nitrogen and oxygen atoms in total. The molecule has 3 rings (SSSR count). The Morgan fingerprint density at radius 2 is 1.85 bits per heavy atom. The van der Waals surface area contributed by atoms with Gasteiger partial charge in [0.1, 0.15) is 5.75 Å². The Morgan fingerprint density at radius 1 is 1.15 bits per heavy atom. The van der Waals surface area contributed by atoms with Gasteiger partial charge in [-0.25, -0.2) is 0 Å². The van der Waals surface area contributed by atoms with Crippen LogP contribution in [0.2, 0.25) is 0 Å². The zero-order chi connectivity index (χ0) is 23.8. The largest absolute Gasteiger partial charge is 0.494 e. The quantitative estimate of drug-likeness (QED) is 0.510. The van der Waals surface area contributed by atoms with Crippen molar-refractivity contribution in [2.24, 2.45) is 5.92 Å². The second kappa shape index (κ2) is 11.8. The van der Waals surface area contributed by atoms with Gasteiger partial charge in [0.05, 0.1) is 18.2 Å². The van der Waals surface area contributed by atoms with Gasteiger partial charge < -0.3 is 10.1 Å². The lowest BCUT2D eigenvalue weighted by Crippen LogP contribution is -2.50. The number of hydrogen-bond donors (Lipinski definition) is 1. The summed E-state index contributed by atoms with van der Waals surface area (Å²) in [5.74, 6) is 0.235. The van der Waals surface area contributed by atoms with Crippen LogP contribution in [-0.2, 0) is 21.5 Å². The third-order valence-electron chi connectivity index (χ3n) is 5.71. The number of carbonyl (C=O) groups is 1. The SMILES string of the molecule is CCOc1ccc(N(CC)S(=O)(=O)N2CCC[C@H](C(=O)NCc3ccc(SC)cc3)C2)cc1. The summed E-state index contributed by atoms with van der Waals surface area (Å²) in [5.41, 5.74) is 1.61. The minimum absolute atomic E-state index is 0.104. The zero-order valence-corrected chi connectivity index (χ0v) is 21.1. The van der Waals surface area contributed by atoms with E-state index >= 15 is 0 Å². The molecule has 0 spiro atoms. The minimum atomic E-state index is -3.75. The number of thioether (sulfide) groups is 1.